The van der Waals surface area contributed by atoms with Crippen LogP contribution in [0.25, 0.3) is 38.3 Å². The van der Waals surface area contributed by atoms with Crippen molar-refractivity contribution in [2.24, 2.45) is 0 Å². The van der Waals surface area contributed by atoms with Gasteiger partial charge in [-0.2, -0.15) is 0 Å². The minimum absolute atomic E-state index is 0.335. The van der Waals surface area contributed by atoms with E-state index < -0.39 is 0 Å². The van der Waals surface area contributed by atoms with E-state index in [2.05, 4.69) is 19.8 Å². The van der Waals surface area contributed by atoms with E-state index in [1.165, 1.54) is 0 Å². The lowest BCUT2D eigenvalue weighted by atomic mass is 10.0. The number of rotatable bonds is 2. The minimum atomic E-state index is 0.335. The lowest BCUT2D eigenvalue weighted by Crippen LogP contribution is -1.85. The molecule has 0 unspecified atom stereocenters. The summed E-state index contributed by atoms with van der Waals surface area (Å²) in [5, 5.41) is 1.08. The molecule has 4 nitrogen and oxygen atoms in total. The van der Waals surface area contributed by atoms with Crippen molar-refractivity contribution in [2.45, 2.75) is 0 Å². The standard InChI is InChI=1S/C19H10Cl2N4/c1-22-16-3-2-15-19(25-16)17(12-8-13(20)10-14(21)9-12)18(24-15)11-4-6-23-7-5-11/h2-10,24H. The summed E-state index contributed by atoms with van der Waals surface area (Å²) in [4.78, 5) is 15.4. The number of hydrogen-bond donors (Lipinski definition) is 1. The average molecular weight is 365 g/mol. The van der Waals surface area contributed by atoms with Crippen LogP contribution in [0.5, 0.6) is 0 Å². The van der Waals surface area contributed by atoms with Crippen molar-refractivity contribution in [3.05, 3.63) is 76.3 Å². The predicted molar refractivity (Wildman–Crippen MR) is 101 cm³/mol. The first kappa shape index (κ1) is 15.6. The van der Waals surface area contributed by atoms with Crippen molar-refractivity contribution in [3.63, 3.8) is 0 Å². The fourth-order valence-corrected chi connectivity index (χ4v) is 3.36. The van der Waals surface area contributed by atoms with Crippen LogP contribution < -0.4 is 0 Å². The monoisotopic (exact) mass is 364 g/mol. The van der Waals surface area contributed by atoms with E-state index in [0.717, 1.165) is 27.9 Å². The second-order valence-electron chi connectivity index (χ2n) is 5.45. The molecule has 6 heteroatoms. The Morgan fingerprint density at radius 3 is 2.32 bits per heavy atom. The summed E-state index contributed by atoms with van der Waals surface area (Å²) in [6.45, 7) is 7.23. The molecule has 0 atom stereocenters. The maximum Gasteiger partial charge on any atom is 0.270 e. The molecule has 0 saturated heterocycles. The first-order valence-corrected chi connectivity index (χ1v) is 8.18. The summed E-state index contributed by atoms with van der Waals surface area (Å²) in [5.41, 5.74) is 5.08. The van der Waals surface area contributed by atoms with Crippen LogP contribution in [0, 0.1) is 6.57 Å². The number of halogens is 2. The van der Waals surface area contributed by atoms with E-state index >= 15 is 0 Å². The molecule has 3 aromatic heterocycles. The number of aromatic nitrogens is 3. The largest absolute Gasteiger partial charge is 0.361 e. The summed E-state index contributed by atoms with van der Waals surface area (Å²) >= 11 is 12.4. The molecule has 0 fully saturated rings. The van der Waals surface area contributed by atoms with Crippen molar-refractivity contribution in [1.82, 2.24) is 15.0 Å². The maximum absolute atomic E-state index is 7.23. The van der Waals surface area contributed by atoms with Crippen molar-refractivity contribution in [3.8, 4) is 22.4 Å². The maximum atomic E-state index is 7.23. The van der Waals surface area contributed by atoms with Crippen LogP contribution in [0.3, 0.4) is 0 Å². The normalized spacial score (nSPS) is 10.8. The Morgan fingerprint density at radius 1 is 0.920 bits per heavy atom. The van der Waals surface area contributed by atoms with Crippen molar-refractivity contribution >= 4 is 40.1 Å². The molecule has 25 heavy (non-hydrogen) atoms. The quantitative estimate of drug-likeness (QED) is 0.433. The molecular weight excluding hydrogens is 355 g/mol. The number of nitrogens with zero attached hydrogens (tertiary/aromatic N) is 3. The number of nitrogens with one attached hydrogen (secondary N) is 1. The molecule has 4 aromatic rings. The number of hydrogen-bond acceptors (Lipinski definition) is 2. The van der Waals surface area contributed by atoms with Crippen molar-refractivity contribution in [1.29, 1.82) is 0 Å². The van der Waals surface area contributed by atoms with E-state index in [4.69, 9.17) is 29.8 Å². The summed E-state index contributed by atoms with van der Waals surface area (Å²) < 4.78 is 0. The third kappa shape index (κ3) is 2.85. The van der Waals surface area contributed by atoms with Crippen LogP contribution >= 0.6 is 23.2 Å². The first-order chi connectivity index (χ1) is 12.2. The number of fused-ring (bicyclic) bond motifs is 1. The zero-order valence-corrected chi connectivity index (χ0v) is 14.3. The molecule has 0 amide bonds. The second-order valence-corrected chi connectivity index (χ2v) is 6.32. The van der Waals surface area contributed by atoms with Crippen molar-refractivity contribution < 1.29 is 0 Å². The van der Waals surface area contributed by atoms with Crippen LogP contribution in [0.15, 0.2) is 54.9 Å². The summed E-state index contributed by atoms with van der Waals surface area (Å²) in [6.07, 6.45) is 3.46. The molecule has 0 aliphatic rings. The fraction of sp³-hybridized carbons (Fsp3) is 0. The van der Waals surface area contributed by atoms with Gasteiger partial charge in [0.25, 0.3) is 5.82 Å². The van der Waals surface area contributed by atoms with Crippen LogP contribution in [0.1, 0.15) is 0 Å². The number of aromatic amines is 1. The van der Waals surface area contributed by atoms with Crippen LogP contribution in [-0.2, 0) is 0 Å². The average Bonchev–Trinajstić information content (AvgIpc) is 3.00. The highest BCUT2D eigenvalue weighted by atomic mass is 35.5. The predicted octanol–water partition coefficient (Wildman–Crippen LogP) is 6.15. The fourth-order valence-electron chi connectivity index (χ4n) is 2.83. The van der Waals surface area contributed by atoms with Gasteiger partial charge in [-0.3, -0.25) is 4.98 Å². The Labute approximate surface area is 153 Å². The summed E-state index contributed by atoms with van der Waals surface area (Å²) in [6, 6.07) is 12.7. The van der Waals surface area contributed by atoms with Gasteiger partial charge >= 0.3 is 0 Å². The van der Waals surface area contributed by atoms with Gasteiger partial charge in [-0.1, -0.05) is 29.8 Å². The molecule has 0 aliphatic carbocycles. The van der Waals surface area contributed by atoms with Gasteiger partial charge in [0.05, 0.1) is 16.8 Å². The topological polar surface area (TPSA) is 45.9 Å². The highest BCUT2D eigenvalue weighted by Crippen LogP contribution is 2.39. The molecule has 4 rings (SSSR count). The van der Waals surface area contributed by atoms with Gasteiger partial charge in [0.15, 0.2) is 5.52 Å². The van der Waals surface area contributed by atoms with E-state index in [1.807, 2.05) is 30.3 Å². The van der Waals surface area contributed by atoms with Gasteiger partial charge in [-0.05, 0) is 48.0 Å². The Balaban J connectivity index is 2.10. The van der Waals surface area contributed by atoms with Gasteiger partial charge in [0.2, 0.25) is 0 Å². The summed E-state index contributed by atoms with van der Waals surface area (Å²) in [7, 11) is 0. The molecule has 1 N–H and O–H groups in total. The third-order valence-corrected chi connectivity index (χ3v) is 4.30. The third-order valence-electron chi connectivity index (χ3n) is 3.86. The van der Waals surface area contributed by atoms with E-state index in [0.29, 0.717) is 21.4 Å². The van der Waals surface area contributed by atoms with Gasteiger partial charge in [0.1, 0.15) is 0 Å². The van der Waals surface area contributed by atoms with Crippen LogP contribution in [-0.4, -0.2) is 15.0 Å². The minimum Gasteiger partial charge on any atom is -0.361 e. The lowest BCUT2D eigenvalue weighted by Gasteiger charge is -2.05. The van der Waals surface area contributed by atoms with Gasteiger partial charge in [-0.15, -0.1) is 4.98 Å². The highest BCUT2D eigenvalue weighted by molar-refractivity contribution is 6.35. The Bertz CT molecular complexity index is 1110. The van der Waals surface area contributed by atoms with E-state index in [-0.39, 0.29) is 0 Å². The van der Waals surface area contributed by atoms with Gasteiger partial charge in [0, 0.05) is 28.0 Å². The molecule has 0 saturated carbocycles. The molecule has 0 radical (unpaired) electrons. The Morgan fingerprint density at radius 2 is 1.64 bits per heavy atom. The van der Waals surface area contributed by atoms with Gasteiger partial charge in [-0.25, -0.2) is 0 Å². The smallest absolute Gasteiger partial charge is 0.270 e. The molecule has 0 spiro atoms. The number of benzene rings is 1. The molecular formula is C19H10Cl2N4. The molecule has 3 heterocycles. The number of H-pyrrole nitrogens is 1. The lowest BCUT2D eigenvalue weighted by molar-refractivity contribution is 1.32. The molecule has 0 aliphatic heterocycles. The second kappa shape index (κ2) is 6.21. The first-order valence-electron chi connectivity index (χ1n) is 7.43. The SMILES string of the molecule is [C-]#[N+]c1ccc2[nH]c(-c3ccncc3)c(-c3cc(Cl)cc(Cl)c3)c2n1. The highest BCUT2D eigenvalue weighted by Gasteiger charge is 2.20. The zero-order chi connectivity index (χ0) is 17.4. The summed E-state index contributed by atoms with van der Waals surface area (Å²) in [5.74, 6) is 0.335. The molecule has 1 aromatic carbocycles. The number of pyridine rings is 2. The van der Waals surface area contributed by atoms with Crippen LogP contribution in [0.4, 0.5) is 5.82 Å². The van der Waals surface area contributed by atoms with Crippen molar-refractivity contribution in [2.75, 3.05) is 0 Å². The zero-order valence-electron chi connectivity index (χ0n) is 12.8. The molecule has 120 valence electrons. The van der Waals surface area contributed by atoms with Crippen LogP contribution in [0.2, 0.25) is 10.0 Å². The van der Waals surface area contributed by atoms with E-state index in [9.17, 15) is 0 Å². The Hall–Kier alpha value is -2.87. The van der Waals surface area contributed by atoms with E-state index in [1.54, 1.807) is 24.5 Å². The molecule has 0 bridgehead atoms. The van der Waals surface area contributed by atoms with Gasteiger partial charge < -0.3 is 9.83 Å². The Kier molecular flexibility index (Phi) is 3.89.